The molecule has 0 atom stereocenters. The highest BCUT2D eigenvalue weighted by atomic mass is 32.1. The van der Waals surface area contributed by atoms with Crippen LogP contribution in [0.4, 0.5) is 5.82 Å². The van der Waals surface area contributed by atoms with Gasteiger partial charge < -0.3 is 5.32 Å². The number of hydrogen-bond donors (Lipinski definition) is 1. The predicted molar refractivity (Wildman–Crippen MR) is 72.5 cm³/mol. The van der Waals surface area contributed by atoms with Gasteiger partial charge in [-0.2, -0.15) is 5.26 Å². The standard InChI is InChI=1S/C13H14N4S/c1-9(2)13-17-11(8-18-13)7-16-12-10(6-14)4-3-5-15-12/h3-5,8-9H,7H2,1-2H3,(H,15,16). The quantitative estimate of drug-likeness (QED) is 0.915. The molecular weight excluding hydrogens is 244 g/mol. The molecule has 0 spiro atoms. The van der Waals surface area contributed by atoms with Crippen molar-refractivity contribution in [3.8, 4) is 6.07 Å². The summed E-state index contributed by atoms with van der Waals surface area (Å²) in [6.07, 6.45) is 1.67. The lowest BCUT2D eigenvalue weighted by Crippen LogP contribution is -2.03. The van der Waals surface area contributed by atoms with Gasteiger partial charge in [-0.05, 0) is 12.1 Å². The highest BCUT2D eigenvalue weighted by molar-refractivity contribution is 7.09. The van der Waals surface area contributed by atoms with Crippen LogP contribution in [0.3, 0.4) is 0 Å². The average molecular weight is 258 g/mol. The molecule has 0 fully saturated rings. The fourth-order valence-corrected chi connectivity index (χ4v) is 2.31. The van der Waals surface area contributed by atoms with Crippen molar-refractivity contribution in [3.05, 3.63) is 40.0 Å². The summed E-state index contributed by atoms with van der Waals surface area (Å²) in [5.41, 5.74) is 1.54. The lowest BCUT2D eigenvalue weighted by molar-refractivity contribution is 0.840. The Labute approximate surface area is 110 Å². The second-order valence-electron chi connectivity index (χ2n) is 4.20. The van der Waals surface area contributed by atoms with Crippen molar-refractivity contribution in [2.45, 2.75) is 26.3 Å². The Kier molecular flexibility index (Phi) is 3.90. The van der Waals surface area contributed by atoms with E-state index in [1.165, 1.54) is 0 Å². The number of nitrogens with one attached hydrogen (secondary N) is 1. The van der Waals surface area contributed by atoms with Gasteiger partial charge in [0.1, 0.15) is 11.9 Å². The van der Waals surface area contributed by atoms with E-state index in [1.807, 2.05) is 5.38 Å². The van der Waals surface area contributed by atoms with Crippen LogP contribution in [-0.2, 0) is 6.54 Å². The van der Waals surface area contributed by atoms with Crippen molar-refractivity contribution >= 4 is 17.2 Å². The summed E-state index contributed by atoms with van der Waals surface area (Å²) in [4.78, 5) is 8.67. The van der Waals surface area contributed by atoms with E-state index in [-0.39, 0.29) is 0 Å². The molecule has 2 aromatic heterocycles. The number of hydrogen-bond acceptors (Lipinski definition) is 5. The van der Waals surface area contributed by atoms with Gasteiger partial charge >= 0.3 is 0 Å². The van der Waals surface area contributed by atoms with E-state index in [1.54, 1.807) is 29.7 Å². The summed E-state index contributed by atoms with van der Waals surface area (Å²) in [6, 6.07) is 5.61. The molecule has 0 bridgehead atoms. The third-order valence-corrected chi connectivity index (χ3v) is 3.62. The summed E-state index contributed by atoms with van der Waals surface area (Å²) >= 11 is 1.67. The van der Waals surface area contributed by atoms with Gasteiger partial charge in [-0.25, -0.2) is 9.97 Å². The molecule has 2 heterocycles. The van der Waals surface area contributed by atoms with E-state index in [9.17, 15) is 0 Å². The van der Waals surface area contributed by atoms with Gasteiger partial charge in [0.25, 0.3) is 0 Å². The Morgan fingerprint density at radius 1 is 1.50 bits per heavy atom. The maximum absolute atomic E-state index is 8.95. The van der Waals surface area contributed by atoms with Crippen LogP contribution in [0.5, 0.6) is 0 Å². The summed E-state index contributed by atoms with van der Waals surface area (Å²) in [5, 5.41) is 15.3. The van der Waals surface area contributed by atoms with Crippen molar-refractivity contribution < 1.29 is 0 Å². The maximum Gasteiger partial charge on any atom is 0.144 e. The molecule has 0 aliphatic rings. The molecule has 92 valence electrons. The second kappa shape index (κ2) is 5.61. The van der Waals surface area contributed by atoms with Crippen molar-refractivity contribution in [1.82, 2.24) is 9.97 Å². The molecule has 1 N–H and O–H groups in total. The van der Waals surface area contributed by atoms with Crippen LogP contribution < -0.4 is 5.32 Å². The molecule has 2 aromatic rings. The molecule has 0 aromatic carbocycles. The first kappa shape index (κ1) is 12.5. The lowest BCUT2D eigenvalue weighted by atomic mass is 10.2. The predicted octanol–water partition coefficient (Wildman–Crippen LogP) is 3.15. The second-order valence-corrected chi connectivity index (χ2v) is 5.09. The molecule has 18 heavy (non-hydrogen) atoms. The number of anilines is 1. The van der Waals surface area contributed by atoms with Crippen LogP contribution >= 0.6 is 11.3 Å². The van der Waals surface area contributed by atoms with Gasteiger partial charge in [0.05, 0.1) is 22.8 Å². The number of pyridine rings is 1. The van der Waals surface area contributed by atoms with Gasteiger partial charge in [-0.3, -0.25) is 0 Å². The SMILES string of the molecule is CC(C)c1nc(CNc2ncccc2C#N)cs1. The van der Waals surface area contributed by atoms with E-state index in [4.69, 9.17) is 5.26 Å². The van der Waals surface area contributed by atoms with E-state index in [0.717, 1.165) is 10.7 Å². The third kappa shape index (κ3) is 2.84. The van der Waals surface area contributed by atoms with Crippen LogP contribution in [0, 0.1) is 11.3 Å². The first-order valence-corrected chi connectivity index (χ1v) is 6.62. The maximum atomic E-state index is 8.95. The number of rotatable bonds is 4. The number of nitriles is 1. The molecule has 2 rings (SSSR count). The summed E-state index contributed by atoms with van der Waals surface area (Å²) in [5.74, 6) is 1.06. The number of thiazole rings is 1. The highest BCUT2D eigenvalue weighted by Gasteiger charge is 2.07. The minimum atomic E-state index is 0.452. The fourth-order valence-electron chi connectivity index (χ4n) is 1.48. The molecule has 0 saturated carbocycles. The zero-order valence-corrected chi connectivity index (χ0v) is 11.2. The first-order valence-electron chi connectivity index (χ1n) is 5.74. The van der Waals surface area contributed by atoms with Crippen molar-refractivity contribution in [2.24, 2.45) is 0 Å². The molecule has 4 nitrogen and oxygen atoms in total. The minimum Gasteiger partial charge on any atom is -0.363 e. The van der Waals surface area contributed by atoms with Crippen molar-refractivity contribution in [1.29, 1.82) is 5.26 Å². The Bertz CT molecular complexity index is 568. The summed E-state index contributed by atoms with van der Waals surface area (Å²) in [7, 11) is 0. The molecule has 0 saturated heterocycles. The van der Waals surface area contributed by atoms with Crippen molar-refractivity contribution in [3.63, 3.8) is 0 Å². The van der Waals surface area contributed by atoms with Crippen LogP contribution in [0.2, 0.25) is 0 Å². The fraction of sp³-hybridized carbons (Fsp3) is 0.308. The van der Waals surface area contributed by atoms with E-state index < -0.39 is 0 Å². The van der Waals surface area contributed by atoms with Gasteiger partial charge in [-0.1, -0.05) is 13.8 Å². The molecule has 0 aliphatic carbocycles. The molecule has 5 heteroatoms. The van der Waals surface area contributed by atoms with Crippen LogP contribution in [0.25, 0.3) is 0 Å². The first-order chi connectivity index (χ1) is 8.70. The Hall–Kier alpha value is -1.93. The van der Waals surface area contributed by atoms with Crippen LogP contribution in [-0.4, -0.2) is 9.97 Å². The van der Waals surface area contributed by atoms with Gasteiger partial charge in [0, 0.05) is 17.5 Å². The smallest absolute Gasteiger partial charge is 0.144 e. The summed E-state index contributed by atoms with van der Waals surface area (Å²) in [6.45, 7) is 4.85. The Morgan fingerprint density at radius 2 is 2.33 bits per heavy atom. The largest absolute Gasteiger partial charge is 0.363 e. The van der Waals surface area contributed by atoms with Crippen LogP contribution in [0.15, 0.2) is 23.7 Å². The summed E-state index contributed by atoms with van der Waals surface area (Å²) < 4.78 is 0. The van der Waals surface area contributed by atoms with E-state index >= 15 is 0 Å². The topological polar surface area (TPSA) is 61.6 Å². The van der Waals surface area contributed by atoms with Crippen LogP contribution in [0.1, 0.15) is 36.0 Å². The zero-order valence-electron chi connectivity index (χ0n) is 10.3. The molecule has 0 aliphatic heterocycles. The van der Waals surface area contributed by atoms with Gasteiger partial charge in [0.2, 0.25) is 0 Å². The Balaban J connectivity index is 2.05. The average Bonchev–Trinajstić information content (AvgIpc) is 2.85. The monoisotopic (exact) mass is 258 g/mol. The highest BCUT2D eigenvalue weighted by Crippen LogP contribution is 2.20. The van der Waals surface area contributed by atoms with E-state index in [2.05, 4.69) is 35.2 Å². The number of nitrogens with zero attached hydrogens (tertiary/aromatic N) is 3. The third-order valence-electron chi connectivity index (χ3n) is 2.43. The Morgan fingerprint density at radius 3 is 3.00 bits per heavy atom. The lowest BCUT2D eigenvalue weighted by Gasteiger charge is -2.04. The molecular formula is C13H14N4S. The van der Waals surface area contributed by atoms with Crippen molar-refractivity contribution in [2.75, 3.05) is 5.32 Å². The normalized spacial score (nSPS) is 10.3. The van der Waals surface area contributed by atoms with Gasteiger partial charge in [0.15, 0.2) is 0 Å². The van der Waals surface area contributed by atoms with Gasteiger partial charge in [-0.15, -0.1) is 11.3 Å². The minimum absolute atomic E-state index is 0.452. The molecule has 0 unspecified atom stereocenters. The number of aromatic nitrogens is 2. The molecule has 0 radical (unpaired) electrons. The van der Waals surface area contributed by atoms with E-state index in [0.29, 0.717) is 23.8 Å². The zero-order chi connectivity index (χ0) is 13.0. The molecule has 0 amide bonds.